The SMILES string of the molecule is CC(=O)c1ccc(NC(=O)N(C)CCc2ccncc2)cc1. The molecule has 22 heavy (non-hydrogen) atoms. The fraction of sp³-hybridized carbons (Fsp3) is 0.235. The van der Waals surface area contributed by atoms with E-state index < -0.39 is 0 Å². The minimum absolute atomic E-state index is 0.00680. The Morgan fingerprint density at radius 2 is 1.73 bits per heavy atom. The number of pyridine rings is 1. The molecule has 1 N–H and O–H groups in total. The van der Waals surface area contributed by atoms with Gasteiger partial charge in [-0.2, -0.15) is 0 Å². The van der Waals surface area contributed by atoms with E-state index in [1.807, 2.05) is 12.1 Å². The molecule has 5 heteroatoms. The van der Waals surface area contributed by atoms with Gasteiger partial charge in [-0.25, -0.2) is 4.79 Å². The number of aromatic nitrogens is 1. The van der Waals surface area contributed by atoms with Crippen LogP contribution in [0.4, 0.5) is 10.5 Å². The molecule has 1 heterocycles. The first kappa shape index (κ1) is 15.7. The van der Waals surface area contributed by atoms with Gasteiger partial charge in [-0.1, -0.05) is 0 Å². The average Bonchev–Trinajstić information content (AvgIpc) is 2.54. The van der Waals surface area contributed by atoms with Gasteiger partial charge in [0.1, 0.15) is 0 Å². The fourth-order valence-electron chi connectivity index (χ4n) is 1.95. The largest absolute Gasteiger partial charge is 0.327 e. The summed E-state index contributed by atoms with van der Waals surface area (Å²) in [7, 11) is 1.75. The number of likely N-dealkylation sites (N-methyl/N-ethyl adjacent to an activating group) is 1. The van der Waals surface area contributed by atoms with Crippen LogP contribution in [0.25, 0.3) is 0 Å². The predicted molar refractivity (Wildman–Crippen MR) is 86.0 cm³/mol. The van der Waals surface area contributed by atoms with E-state index in [0.717, 1.165) is 12.0 Å². The van der Waals surface area contributed by atoms with Gasteiger partial charge >= 0.3 is 6.03 Å². The maximum Gasteiger partial charge on any atom is 0.321 e. The van der Waals surface area contributed by atoms with Gasteiger partial charge in [-0.3, -0.25) is 9.78 Å². The fourth-order valence-corrected chi connectivity index (χ4v) is 1.95. The molecule has 1 aromatic heterocycles. The van der Waals surface area contributed by atoms with Gasteiger partial charge < -0.3 is 10.2 Å². The Morgan fingerprint density at radius 1 is 1.09 bits per heavy atom. The van der Waals surface area contributed by atoms with E-state index in [-0.39, 0.29) is 11.8 Å². The van der Waals surface area contributed by atoms with E-state index in [9.17, 15) is 9.59 Å². The molecule has 0 atom stereocenters. The van der Waals surface area contributed by atoms with Gasteiger partial charge in [0.15, 0.2) is 5.78 Å². The van der Waals surface area contributed by atoms with Crippen molar-refractivity contribution in [3.8, 4) is 0 Å². The van der Waals surface area contributed by atoms with Crippen molar-refractivity contribution in [2.75, 3.05) is 18.9 Å². The first-order valence-corrected chi connectivity index (χ1v) is 7.08. The molecule has 0 aliphatic carbocycles. The molecule has 0 unspecified atom stereocenters. The Bertz CT molecular complexity index is 639. The zero-order valence-corrected chi connectivity index (χ0v) is 12.7. The summed E-state index contributed by atoms with van der Waals surface area (Å²) in [5, 5.41) is 2.81. The Morgan fingerprint density at radius 3 is 2.32 bits per heavy atom. The molecule has 2 rings (SSSR count). The molecule has 2 amide bonds. The van der Waals surface area contributed by atoms with Crippen molar-refractivity contribution in [1.29, 1.82) is 0 Å². The highest BCUT2D eigenvalue weighted by atomic mass is 16.2. The summed E-state index contributed by atoms with van der Waals surface area (Å²) in [4.78, 5) is 28.9. The molecule has 0 aliphatic rings. The maximum atomic E-state index is 12.1. The van der Waals surface area contributed by atoms with Crippen molar-refractivity contribution in [2.24, 2.45) is 0 Å². The summed E-state index contributed by atoms with van der Waals surface area (Å²) in [6.45, 7) is 2.13. The number of anilines is 1. The molecule has 0 aliphatic heterocycles. The molecule has 0 radical (unpaired) electrons. The van der Waals surface area contributed by atoms with E-state index in [0.29, 0.717) is 17.8 Å². The molecular formula is C17H19N3O2. The Hall–Kier alpha value is -2.69. The molecular weight excluding hydrogens is 278 g/mol. The summed E-state index contributed by atoms with van der Waals surface area (Å²) in [6.07, 6.45) is 4.26. The maximum absolute atomic E-state index is 12.1. The summed E-state index contributed by atoms with van der Waals surface area (Å²) in [6, 6.07) is 10.6. The third kappa shape index (κ3) is 4.41. The van der Waals surface area contributed by atoms with Crippen LogP contribution in [0.2, 0.25) is 0 Å². The second-order valence-corrected chi connectivity index (χ2v) is 5.09. The van der Waals surface area contributed by atoms with Gasteiger partial charge in [0.25, 0.3) is 0 Å². The number of hydrogen-bond donors (Lipinski definition) is 1. The number of benzene rings is 1. The summed E-state index contributed by atoms with van der Waals surface area (Å²) < 4.78 is 0. The normalized spacial score (nSPS) is 10.1. The van der Waals surface area contributed by atoms with Crippen molar-refractivity contribution in [2.45, 2.75) is 13.3 Å². The summed E-state index contributed by atoms with van der Waals surface area (Å²) in [5.74, 6) is 0.00680. The first-order chi connectivity index (χ1) is 10.6. The minimum atomic E-state index is -0.176. The highest BCUT2D eigenvalue weighted by Gasteiger charge is 2.09. The number of nitrogens with zero attached hydrogens (tertiary/aromatic N) is 2. The van der Waals surface area contributed by atoms with Crippen LogP contribution in [0, 0.1) is 0 Å². The molecule has 0 saturated heterocycles. The van der Waals surface area contributed by atoms with Crippen molar-refractivity contribution in [3.63, 3.8) is 0 Å². The molecule has 0 spiro atoms. The van der Waals surface area contributed by atoms with Crippen LogP contribution in [0.5, 0.6) is 0 Å². The third-order valence-corrected chi connectivity index (χ3v) is 3.37. The van der Waals surface area contributed by atoms with Crippen LogP contribution < -0.4 is 5.32 Å². The first-order valence-electron chi connectivity index (χ1n) is 7.08. The van der Waals surface area contributed by atoms with Crippen LogP contribution in [0.1, 0.15) is 22.8 Å². The molecule has 0 saturated carbocycles. The van der Waals surface area contributed by atoms with Gasteiger partial charge in [0, 0.05) is 37.2 Å². The topological polar surface area (TPSA) is 62.3 Å². The van der Waals surface area contributed by atoms with Crippen LogP contribution >= 0.6 is 0 Å². The number of urea groups is 1. The molecule has 2 aromatic rings. The summed E-state index contributed by atoms with van der Waals surface area (Å²) in [5.41, 5.74) is 2.44. The second-order valence-electron chi connectivity index (χ2n) is 5.09. The van der Waals surface area contributed by atoms with Gasteiger partial charge in [-0.15, -0.1) is 0 Å². The third-order valence-electron chi connectivity index (χ3n) is 3.37. The standard InChI is InChI=1S/C17H19N3O2/c1-13(21)15-3-5-16(6-4-15)19-17(22)20(2)12-9-14-7-10-18-11-8-14/h3-8,10-11H,9,12H2,1-2H3,(H,19,22). The predicted octanol–water partition coefficient (Wildman–Crippen LogP) is 2.99. The van der Waals surface area contributed by atoms with Gasteiger partial charge in [-0.05, 0) is 55.3 Å². The number of ketones is 1. The molecule has 1 aromatic carbocycles. The zero-order valence-electron chi connectivity index (χ0n) is 12.7. The number of carbonyl (C=O) groups excluding carboxylic acids is 2. The number of nitrogens with one attached hydrogen (secondary N) is 1. The van der Waals surface area contributed by atoms with Crippen LogP contribution in [0.3, 0.4) is 0 Å². The highest BCUT2D eigenvalue weighted by Crippen LogP contribution is 2.11. The molecule has 0 bridgehead atoms. The van der Waals surface area contributed by atoms with E-state index in [1.165, 1.54) is 6.92 Å². The van der Waals surface area contributed by atoms with Gasteiger partial charge in [0.05, 0.1) is 0 Å². The van der Waals surface area contributed by atoms with E-state index in [1.54, 1.807) is 48.6 Å². The lowest BCUT2D eigenvalue weighted by Crippen LogP contribution is -2.33. The van der Waals surface area contributed by atoms with E-state index in [4.69, 9.17) is 0 Å². The molecule has 114 valence electrons. The van der Waals surface area contributed by atoms with E-state index >= 15 is 0 Å². The van der Waals surface area contributed by atoms with Crippen molar-refractivity contribution < 1.29 is 9.59 Å². The van der Waals surface area contributed by atoms with Crippen molar-refractivity contribution in [3.05, 3.63) is 59.9 Å². The van der Waals surface area contributed by atoms with Gasteiger partial charge in [0.2, 0.25) is 0 Å². The molecule has 0 fully saturated rings. The number of rotatable bonds is 5. The van der Waals surface area contributed by atoms with E-state index in [2.05, 4.69) is 10.3 Å². The lowest BCUT2D eigenvalue weighted by molar-refractivity contribution is 0.101. The zero-order chi connectivity index (χ0) is 15.9. The lowest BCUT2D eigenvalue weighted by Gasteiger charge is -2.18. The number of Topliss-reactive ketones (excluding diaryl/α,β-unsaturated/α-hetero) is 1. The number of carbonyl (C=O) groups is 2. The van der Waals surface area contributed by atoms with Crippen molar-refractivity contribution in [1.82, 2.24) is 9.88 Å². The highest BCUT2D eigenvalue weighted by molar-refractivity contribution is 5.95. The quantitative estimate of drug-likeness (QED) is 0.863. The smallest absolute Gasteiger partial charge is 0.321 e. The monoisotopic (exact) mass is 297 g/mol. The van der Waals surface area contributed by atoms with Crippen LogP contribution in [0.15, 0.2) is 48.8 Å². The summed E-state index contributed by atoms with van der Waals surface area (Å²) >= 11 is 0. The second kappa shape index (κ2) is 7.36. The Labute approximate surface area is 130 Å². The molecule has 5 nitrogen and oxygen atoms in total. The lowest BCUT2D eigenvalue weighted by atomic mass is 10.1. The number of amides is 2. The Kier molecular flexibility index (Phi) is 5.25. The van der Waals surface area contributed by atoms with Crippen LogP contribution in [-0.4, -0.2) is 35.3 Å². The van der Waals surface area contributed by atoms with Crippen molar-refractivity contribution >= 4 is 17.5 Å². The minimum Gasteiger partial charge on any atom is -0.327 e. The van der Waals surface area contributed by atoms with Crippen LogP contribution in [-0.2, 0) is 6.42 Å². The average molecular weight is 297 g/mol. The Balaban J connectivity index is 1.87. The number of hydrogen-bond acceptors (Lipinski definition) is 3.